The lowest BCUT2D eigenvalue weighted by molar-refractivity contribution is -0.118. The zero-order valence-corrected chi connectivity index (χ0v) is 12.0. The molecule has 0 aliphatic heterocycles. The van der Waals surface area contributed by atoms with Gasteiger partial charge < -0.3 is 5.32 Å². The summed E-state index contributed by atoms with van der Waals surface area (Å²) in [5, 5.41) is 3.01. The molecule has 1 aliphatic rings. The van der Waals surface area contributed by atoms with Crippen molar-refractivity contribution in [2.24, 2.45) is 0 Å². The molecule has 0 aromatic heterocycles. The molecular formula is C16H14BrNO. The zero-order chi connectivity index (χ0) is 13.3. The number of hydrogen-bond acceptors (Lipinski definition) is 1. The molecular weight excluding hydrogens is 302 g/mol. The average Bonchev–Trinajstić information content (AvgIpc) is 3.22. The highest BCUT2D eigenvalue weighted by atomic mass is 79.9. The summed E-state index contributed by atoms with van der Waals surface area (Å²) in [4.78, 5) is 12.5. The fourth-order valence-electron chi connectivity index (χ4n) is 2.31. The van der Waals surface area contributed by atoms with E-state index in [2.05, 4.69) is 21.2 Å². The third kappa shape index (κ3) is 2.43. The van der Waals surface area contributed by atoms with Crippen LogP contribution in [-0.2, 0) is 10.2 Å². The van der Waals surface area contributed by atoms with Gasteiger partial charge in [0, 0.05) is 10.2 Å². The molecule has 19 heavy (non-hydrogen) atoms. The quantitative estimate of drug-likeness (QED) is 0.907. The lowest BCUT2D eigenvalue weighted by Crippen LogP contribution is -2.27. The first-order valence-electron chi connectivity index (χ1n) is 6.33. The topological polar surface area (TPSA) is 29.1 Å². The fourth-order valence-corrected chi connectivity index (χ4v) is 2.58. The molecule has 1 aliphatic carbocycles. The molecule has 96 valence electrons. The molecule has 2 nitrogen and oxygen atoms in total. The van der Waals surface area contributed by atoms with Gasteiger partial charge in [-0.25, -0.2) is 0 Å². The monoisotopic (exact) mass is 315 g/mol. The van der Waals surface area contributed by atoms with Crippen LogP contribution in [0.2, 0.25) is 0 Å². The number of amides is 1. The first-order chi connectivity index (χ1) is 9.21. The summed E-state index contributed by atoms with van der Waals surface area (Å²) in [7, 11) is 0. The molecule has 1 N–H and O–H groups in total. The van der Waals surface area contributed by atoms with Gasteiger partial charge in [0.25, 0.3) is 0 Å². The Balaban J connectivity index is 1.81. The van der Waals surface area contributed by atoms with Crippen molar-refractivity contribution in [3.05, 3.63) is 64.6 Å². The van der Waals surface area contributed by atoms with E-state index in [1.54, 1.807) is 0 Å². The fraction of sp³-hybridized carbons (Fsp3) is 0.188. The van der Waals surface area contributed by atoms with Crippen LogP contribution in [0.4, 0.5) is 5.69 Å². The van der Waals surface area contributed by atoms with E-state index in [0.29, 0.717) is 0 Å². The molecule has 0 atom stereocenters. The van der Waals surface area contributed by atoms with Crippen LogP contribution in [0, 0.1) is 0 Å². The van der Waals surface area contributed by atoms with Crippen molar-refractivity contribution in [3.63, 3.8) is 0 Å². The van der Waals surface area contributed by atoms with Crippen LogP contribution in [0.5, 0.6) is 0 Å². The maximum atomic E-state index is 12.5. The molecule has 1 saturated carbocycles. The molecule has 1 amide bonds. The van der Waals surface area contributed by atoms with Gasteiger partial charge in [-0.3, -0.25) is 4.79 Å². The minimum atomic E-state index is -0.323. The molecule has 0 radical (unpaired) electrons. The second kappa shape index (κ2) is 4.82. The Labute approximate surface area is 121 Å². The van der Waals surface area contributed by atoms with Crippen LogP contribution >= 0.6 is 15.9 Å². The highest BCUT2D eigenvalue weighted by Crippen LogP contribution is 2.49. The number of nitrogens with one attached hydrogen (secondary N) is 1. The normalized spacial score (nSPS) is 15.8. The number of anilines is 1. The zero-order valence-electron chi connectivity index (χ0n) is 10.4. The van der Waals surface area contributed by atoms with Gasteiger partial charge in [0.05, 0.1) is 5.41 Å². The molecule has 0 unspecified atom stereocenters. The van der Waals surface area contributed by atoms with Crippen LogP contribution in [0.1, 0.15) is 18.4 Å². The van der Waals surface area contributed by atoms with Crippen molar-refractivity contribution < 1.29 is 4.79 Å². The van der Waals surface area contributed by atoms with E-state index in [1.165, 1.54) is 0 Å². The lowest BCUT2D eigenvalue weighted by Gasteiger charge is -2.16. The molecule has 0 spiro atoms. The SMILES string of the molecule is O=C(Nc1ccccc1)C1(c2ccc(Br)cc2)CC1. The van der Waals surface area contributed by atoms with Crippen molar-refractivity contribution in [1.29, 1.82) is 0 Å². The van der Waals surface area contributed by atoms with E-state index in [4.69, 9.17) is 0 Å². The maximum Gasteiger partial charge on any atom is 0.235 e. The van der Waals surface area contributed by atoms with Gasteiger partial charge in [-0.15, -0.1) is 0 Å². The Morgan fingerprint density at radius 3 is 2.21 bits per heavy atom. The van der Waals surface area contributed by atoms with E-state index in [0.717, 1.165) is 28.6 Å². The van der Waals surface area contributed by atoms with E-state index in [9.17, 15) is 4.79 Å². The Kier molecular flexibility index (Phi) is 3.15. The summed E-state index contributed by atoms with van der Waals surface area (Å²) < 4.78 is 1.04. The third-order valence-corrected chi connectivity index (χ3v) is 4.14. The van der Waals surface area contributed by atoms with Crippen molar-refractivity contribution in [3.8, 4) is 0 Å². The molecule has 1 fully saturated rings. The number of hydrogen-bond donors (Lipinski definition) is 1. The van der Waals surface area contributed by atoms with E-state index >= 15 is 0 Å². The third-order valence-electron chi connectivity index (χ3n) is 3.61. The number of carbonyl (C=O) groups excluding carboxylic acids is 1. The number of rotatable bonds is 3. The molecule has 2 aromatic rings. The second-order valence-electron chi connectivity index (χ2n) is 4.91. The number of halogens is 1. The standard InChI is InChI=1S/C16H14BrNO/c17-13-8-6-12(7-9-13)16(10-11-16)15(19)18-14-4-2-1-3-5-14/h1-9H,10-11H2,(H,18,19). The molecule has 2 aromatic carbocycles. The Bertz CT molecular complexity index is 588. The summed E-state index contributed by atoms with van der Waals surface area (Å²) >= 11 is 3.42. The first-order valence-corrected chi connectivity index (χ1v) is 7.13. The van der Waals surface area contributed by atoms with Crippen LogP contribution in [0.15, 0.2) is 59.1 Å². The first kappa shape index (κ1) is 12.4. The molecule has 3 heteroatoms. The largest absolute Gasteiger partial charge is 0.325 e. The van der Waals surface area contributed by atoms with E-state index in [-0.39, 0.29) is 11.3 Å². The van der Waals surface area contributed by atoms with E-state index in [1.807, 2.05) is 54.6 Å². The van der Waals surface area contributed by atoms with Gasteiger partial charge in [0.15, 0.2) is 0 Å². The van der Waals surface area contributed by atoms with Crippen LogP contribution in [0.3, 0.4) is 0 Å². The van der Waals surface area contributed by atoms with Gasteiger partial charge in [-0.2, -0.15) is 0 Å². The highest BCUT2D eigenvalue weighted by molar-refractivity contribution is 9.10. The van der Waals surface area contributed by atoms with Gasteiger partial charge in [0.1, 0.15) is 0 Å². The summed E-state index contributed by atoms with van der Waals surface area (Å²) in [6, 6.07) is 17.7. The number of benzene rings is 2. The smallest absolute Gasteiger partial charge is 0.235 e. The maximum absolute atomic E-state index is 12.5. The molecule has 0 saturated heterocycles. The van der Waals surface area contributed by atoms with Gasteiger partial charge in [0.2, 0.25) is 5.91 Å². The Hall–Kier alpha value is -1.61. The summed E-state index contributed by atoms with van der Waals surface area (Å²) in [6.45, 7) is 0. The molecule has 3 rings (SSSR count). The summed E-state index contributed by atoms with van der Waals surface area (Å²) in [5.41, 5.74) is 1.64. The minimum Gasteiger partial charge on any atom is -0.325 e. The van der Waals surface area contributed by atoms with E-state index < -0.39 is 0 Å². The predicted octanol–water partition coefficient (Wildman–Crippen LogP) is 4.12. The number of carbonyl (C=O) groups is 1. The summed E-state index contributed by atoms with van der Waals surface area (Å²) in [6.07, 6.45) is 1.85. The van der Waals surface area contributed by atoms with Crippen LogP contribution in [0.25, 0.3) is 0 Å². The molecule has 0 heterocycles. The van der Waals surface area contributed by atoms with Crippen molar-refractivity contribution in [1.82, 2.24) is 0 Å². The molecule has 0 bridgehead atoms. The highest BCUT2D eigenvalue weighted by Gasteiger charge is 2.51. The van der Waals surface area contributed by atoms with Gasteiger partial charge >= 0.3 is 0 Å². The van der Waals surface area contributed by atoms with Crippen LogP contribution in [-0.4, -0.2) is 5.91 Å². The average molecular weight is 316 g/mol. The van der Waals surface area contributed by atoms with Gasteiger partial charge in [-0.1, -0.05) is 46.3 Å². The number of para-hydroxylation sites is 1. The summed E-state index contributed by atoms with van der Waals surface area (Å²) in [5.74, 6) is 0.0982. The Morgan fingerprint density at radius 2 is 1.63 bits per heavy atom. The second-order valence-corrected chi connectivity index (χ2v) is 5.82. The van der Waals surface area contributed by atoms with Crippen molar-refractivity contribution >= 4 is 27.5 Å². The van der Waals surface area contributed by atoms with Gasteiger partial charge in [-0.05, 0) is 42.7 Å². The minimum absolute atomic E-state index is 0.0982. The van der Waals surface area contributed by atoms with Crippen molar-refractivity contribution in [2.75, 3.05) is 5.32 Å². The predicted molar refractivity (Wildman–Crippen MR) is 80.1 cm³/mol. The Morgan fingerprint density at radius 1 is 1.00 bits per heavy atom. The lowest BCUT2D eigenvalue weighted by atomic mass is 9.95. The van der Waals surface area contributed by atoms with Crippen molar-refractivity contribution in [2.45, 2.75) is 18.3 Å². The van der Waals surface area contributed by atoms with Crippen LogP contribution < -0.4 is 5.32 Å².